The first-order valence-corrected chi connectivity index (χ1v) is 7.56. The van der Waals surface area contributed by atoms with Crippen molar-refractivity contribution in [2.24, 2.45) is 11.8 Å². The molecule has 0 aromatic heterocycles. The number of nitrogens with one attached hydrogen (secondary N) is 1. The number of anilines is 1. The lowest BCUT2D eigenvalue weighted by Gasteiger charge is -2.27. The van der Waals surface area contributed by atoms with Gasteiger partial charge in [0.15, 0.2) is 0 Å². The summed E-state index contributed by atoms with van der Waals surface area (Å²) < 4.78 is 5.40. The molecule has 1 N–H and O–H groups in total. The average molecular weight is 282 g/mol. The molecule has 3 heteroatoms. The number of rotatable bonds is 4. The van der Waals surface area contributed by atoms with Gasteiger partial charge in [0.25, 0.3) is 0 Å². The summed E-state index contributed by atoms with van der Waals surface area (Å²) >= 11 is 6.12. The summed E-state index contributed by atoms with van der Waals surface area (Å²) in [6.45, 7) is 5.41. The van der Waals surface area contributed by atoms with E-state index < -0.39 is 0 Å². The van der Waals surface area contributed by atoms with E-state index >= 15 is 0 Å². The zero-order valence-electron chi connectivity index (χ0n) is 12.1. The molecule has 0 bridgehead atoms. The van der Waals surface area contributed by atoms with Gasteiger partial charge < -0.3 is 10.1 Å². The number of methoxy groups -OCH3 is 1. The highest BCUT2D eigenvalue weighted by atomic mass is 35.5. The molecular weight excluding hydrogens is 258 g/mol. The Bertz CT molecular complexity index is 433. The van der Waals surface area contributed by atoms with Crippen LogP contribution in [0, 0.1) is 18.8 Å². The maximum absolute atomic E-state index is 6.12. The molecule has 1 fully saturated rings. The highest BCUT2D eigenvalue weighted by molar-refractivity contribution is 6.31. The van der Waals surface area contributed by atoms with Gasteiger partial charge in [-0.25, -0.2) is 0 Å². The van der Waals surface area contributed by atoms with Crippen molar-refractivity contribution >= 4 is 17.3 Å². The number of hydrogen-bond donors (Lipinski definition) is 1. The number of benzene rings is 1. The smallest absolute Gasteiger partial charge is 0.143 e. The molecule has 2 unspecified atom stereocenters. The van der Waals surface area contributed by atoms with Gasteiger partial charge >= 0.3 is 0 Å². The Hall–Kier alpha value is -0.890. The number of hydrogen-bond acceptors (Lipinski definition) is 2. The number of halogens is 1. The van der Waals surface area contributed by atoms with Gasteiger partial charge in [0.2, 0.25) is 0 Å². The van der Waals surface area contributed by atoms with Crippen molar-refractivity contribution in [1.29, 1.82) is 0 Å². The van der Waals surface area contributed by atoms with Crippen LogP contribution in [0.5, 0.6) is 5.75 Å². The second kappa shape index (κ2) is 6.51. The van der Waals surface area contributed by atoms with Crippen LogP contribution < -0.4 is 10.1 Å². The van der Waals surface area contributed by atoms with E-state index in [1.165, 1.54) is 25.7 Å². The van der Waals surface area contributed by atoms with Crippen LogP contribution in [-0.2, 0) is 0 Å². The standard InChI is InChI=1S/C16H24ClNO/c1-11-5-4-6-13(7-11)10-18-15-8-12(2)14(17)9-16(15)19-3/h8-9,11,13,18H,4-7,10H2,1-3H3. The van der Waals surface area contributed by atoms with E-state index in [-0.39, 0.29) is 0 Å². The van der Waals surface area contributed by atoms with E-state index in [9.17, 15) is 0 Å². The summed E-state index contributed by atoms with van der Waals surface area (Å²) in [7, 11) is 1.69. The fourth-order valence-corrected chi connectivity index (χ4v) is 3.12. The van der Waals surface area contributed by atoms with Crippen molar-refractivity contribution < 1.29 is 4.74 Å². The van der Waals surface area contributed by atoms with Crippen LogP contribution in [0.25, 0.3) is 0 Å². The lowest BCUT2D eigenvalue weighted by atomic mass is 9.82. The first kappa shape index (κ1) is 14.5. The summed E-state index contributed by atoms with van der Waals surface area (Å²) in [5.74, 6) is 2.48. The van der Waals surface area contributed by atoms with Crippen molar-refractivity contribution in [3.63, 3.8) is 0 Å². The minimum Gasteiger partial charge on any atom is -0.495 e. The molecule has 0 aliphatic heterocycles. The van der Waals surface area contributed by atoms with E-state index in [1.54, 1.807) is 7.11 Å². The van der Waals surface area contributed by atoms with Crippen molar-refractivity contribution in [3.05, 3.63) is 22.7 Å². The molecule has 1 aromatic rings. The van der Waals surface area contributed by atoms with Gasteiger partial charge in [-0.15, -0.1) is 0 Å². The van der Waals surface area contributed by atoms with Crippen molar-refractivity contribution in [3.8, 4) is 5.75 Å². The van der Waals surface area contributed by atoms with Gasteiger partial charge in [-0.05, 0) is 43.2 Å². The van der Waals surface area contributed by atoms with Crippen LogP contribution in [0.3, 0.4) is 0 Å². The topological polar surface area (TPSA) is 21.3 Å². The molecule has 0 spiro atoms. The van der Waals surface area contributed by atoms with Crippen molar-refractivity contribution in [2.45, 2.75) is 39.5 Å². The molecule has 1 aliphatic rings. The number of ether oxygens (including phenoxy) is 1. The molecule has 0 heterocycles. The fourth-order valence-electron chi connectivity index (χ4n) is 2.97. The first-order chi connectivity index (χ1) is 9.10. The Morgan fingerprint density at radius 1 is 1.37 bits per heavy atom. The van der Waals surface area contributed by atoms with Crippen LogP contribution in [0.15, 0.2) is 12.1 Å². The normalized spacial score (nSPS) is 23.2. The zero-order chi connectivity index (χ0) is 13.8. The molecule has 1 aromatic carbocycles. The van der Waals surface area contributed by atoms with Gasteiger partial charge in [0.1, 0.15) is 5.75 Å². The van der Waals surface area contributed by atoms with Gasteiger partial charge in [-0.1, -0.05) is 31.4 Å². The molecule has 106 valence electrons. The summed E-state index contributed by atoms with van der Waals surface area (Å²) in [5, 5.41) is 4.30. The molecule has 2 atom stereocenters. The Labute approximate surface area is 121 Å². The third kappa shape index (κ3) is 3.79. The highest BCUT2D eigenvalue weighted by Gasteiger charge is 2.19. The van der Waals surface area contributed by atoms with Gasteiger partial charge in [0, 0.05) is 17.6 Å². The zero-order valence-corrected chi connectivity index (χ0v) is 12.9. The molecule has 1 saturated carbocycles. The van der Waals surface area contributed by atoms with Crippen LogP contribution >= 0.6 is 11.6 Å². The third-order valence-corrected chi connectivity index (χ3v) is 4.51. The predicted octanol–water partition coefficient (Wildman–Crippen LogP) is 4.90. The monoisotopic (exact) mass is 281 g/mol. The SMILES string of the molecule is COc1cc(Cl)c(C)cc1NCC1CCCC(C)C1. The van der Waals surface area contributed by atoms with E-state index in [4.69, 9.17) is 16.3 Å². The van der Waals surface area contributed by atoms with Crippen LogP contribution in [0.4, 0.5) is 5.69 Å². The molecule has 19 heavy (non-hydrogen) atoms. The third-order valence-electron chi connectivity index (χ3n) is 4.11. The molecular formula is C16H24ClNO. The van der Waals surface area contributed by atoms with E-state index in [2.05, 4.69) is 18.3 Å². The molecule has 1 aliphatic carbocycles. The van der Waals surface area contributed by atoms with Gasteiger partial charge in [-0.3, -0.25) is 0 Å². The molecule has 2 rings (SSSR count). The highest BCUT2D eigenvalue weighted by Crippen LogP contribution is 2.33. The van der Waals surface area contributed by atoms with E-state index in [0.29, 0.717) is 0 Å². The molecule has 0 amide bonds. The second-order valence-electron chi connectivity index (χ2n) is 5.82. The van der Waals surface area contributed by atoms with Crippen LogP contribution in [0.1, 0.15) is 38.2 Å². The van der Waals surface area contributed by atoms with Crippen LogP contribution in [0.2, 0.25) is 5.02 Å². The summed E-state index contributed by atoms with van der Waals surface area (Å²) in [5.41, 5.74) is 2.14. The summed E-state index contributed by atoms with van der Waals surface area (Å²) in [6.07, 6.45) is 5.43. The van der Waals surface area contributed by atoms with Crippen molar-refractivity contribution in [1.82, 2.24) is 0 Å². The number of aryl methyl sites for hydroxylation is 1. The van der Waals surface area contributed by atoms with Crippen LogP contribution in [-0.4, -0.2) is 13.7 Å². The van der Waals surface area contributed by atoms with Gasteiger partial charge in [0.05, 0.1) is 12.8 Å². The molecule has 2 nitrogen and oxygen atoms in total. The Morgan fingerprint density at radius 3 is 2.84 bits per heavy atom. The first-order valence-electron chi connectivity index (χ1n) is 7.18. The summed E-state index contributed by atoms with van der Waals surface area (Å²) in [4.78, 5) is 0. The maximum Gasteiger partial charge on any atom is 0.143 e. The Morgan fingerprint density at radius 2 is 2.16 bits per heavy atom. The van der Waals surface area contributed by atoms with E-state index in [0.717, 1.165) is 40.4 Å². The summed E-state index contributed by atoms with van der Waals surface area (Å²) in [6, 6.07) is 3.97. The Kier molecular flexibility index (Phi) is 4.98. The molecule has 0 saturated heterocycles. The van der Waals surface area contributed by atoms with Gasteiger partial charge in [-0.2, -0.15) is 0 Å². The van der Waals surface area contributed by atoms with Crippen molar-refractivity contribution in [2.75, 3.05) is 19.0 Å². The van der Waals surface area contributed by atoms with E-state index in [1.807, 2.05) is 13.0 Å². The quantitative estimate of drug-likeness (QED) is 0.848. The largest absolute Gasteiger partial charge is 0.495 e. The predicted molar refractivity (Wildman–Crippen MR) is 82.4 cm³/mol. The maximum atomic E-state index is 6.12. The molecule has 0 radical (unpaired) electrons. The minimum absolute atomic E-state index is 0.758. The average Bonchev–Trinajstić information content (AvgIpc) is 2.39. The minimum atomic E-state index is 0.758. The Balaban J connectivity index is 2.00. The lowest BCUT2D eigenvalue weighted by Crippen LogP contribution is -2.21. The second-order valence-corrected chi connectivity index (χ2v) is 6.23. The lowest BCUT2D eigenvalue weighted by molar-refractivity contribution is 0.293. The fraction of sp³-hybridized carbons (Fsp3) is 0.625.